The van der Waals surface area contributed by atoms with E-state index >= 15 is 0 Å². The molecule has 0 bridgehead atoms. The highest BCUT2D eigenvalue weighted by molar-refractivity contribution is 5.93. The molecule has 1 aliphatic heterocycles. The quantitative estimate of drug-likeness (QED) is 0.718. The second kappa shape index (κ2) is 11.5. The van der Waals surface area contributed by atoms with Crippen molar-refractivity contribution in [1.82, 2.24) is 30.5 Å². The smallest absolute Gasteiger partial charge is 0.273 e. The van der Waals surface area contributed by atoms with E-state index in [0.29, 0.717) is 18.3 Å². The molecule has 2 N–H and O–H groups in total. The highest BCUT2D eigenvalue weighted by atomic mass is 35.5. The summed E-state index contributed by atoms with van der Waals surface area (Å²) in [5.74, 6) is -0.161. The van der Waals surface area contributed by atoms with Gasteiger partial charge in [0.25, 0.3) is 5.91 Å². The van der Waals surface area contributed by atoms with Gasteiger partial charge in [0.1, 0.15) is 0 Å². The van der Waals surface area contributed by atoms with Gasteiger partial charge in [-0.3, -0.25) is 4.79 Å². The molecule has 1 aromatic heterocycles. The molecule has 2 aromatic rings. The van der Waals surface area contributed by atoms with E-state index in [2.05, 4.69) is 57.0 Å². The van der Waals surface area contributed by atoms with Crippen molar-refractivity contribution in [2.45, 2.75) is 38.8 Å². The summed E-state index contributed by atoms with van der Waals surface area (Å²) in [5, 5.41) is 14.8. The Labute approximate surface area is 185 Å². The van der Waals surface area contributed by atoms with Crippen molar-refractivity contribution in [3.05, 3.63) is 46.8 Å². The van der Waals surface area contributed by atoms with Crippen LogP contribution < -0.4 is 10.6 Å². The summed E-state index contributed by atoms with van der Waals surface area (Å²) in [6, 6.07) is 8.86. The molecule has 1 fully saturated rings. The number of halogens is 2. The van der Waals surface area contributed by atoms with Crippen LogP contribution in [0.3, 0.4) is 0 Å². The molecule has 3 rings (SSSR count). The number of carbonyl (C=O) groups excluding carboxylic acids is 1. The minimum Gasteiger partial charge on any atom is -0.349 e. The maximum absolute atomic E-state index is 12.7. The lowest BCUT2D eigenvalue weighted by atomic mass is 10.0. The molecule has 9 heteroatoms. The molecule has 1 atom stereocenters. The summed E-state index contributed by atoms with van der Waals surface area (Å²) in [5.41, 5.74) is 3.68. The van der Waals surface area contributed by atoms with Gasteiger partial charge < -0.3 is 15.5 Å². The molecule has 1 aromatic carbocycles. The number of rotatable bonds is 6. The van der Waals surface area contributed by atoms with E-state index < -0.39 is 0 Å². The standard InChI is InChI=1S/C20H30N6O.2ClH/c1-14-5-7-16(8-6-14)18(25(3)4)13-22-20(27)19-15(2)26(24-23-19)17-9-11-21-12-10-17;;/h5-8,17-18,21H,9-13H2,1-4H3,(H,22,27);2*1H. The van der Waals surface area contributed by atoms with Gasteiger partial charge in [0.15, 0.2) is 5.69 Å². The fourth-order valence-electron chi connectivity index (χ4n) is 3.61. The van der Waals surface area contributed by atoms with E-state index in [9.17, 15) is 4.79 Å². The number of likely N-dealkylation sites (N-methyl/N-ethyl adjacent to an activating group) is 1. The molecule has 7 nitrogen and oxygen atoms in total. The zero-order valence-corrected chi connectivity index (χ0v) is 19.1. The minimum atomic E-state index is -0.161. The first-order chi connectivity index (χ1) is 13.0. The molecule has 1 amide bonds. The van der Waals surface area contributed by atoms with E-state index in [0.717, 1.165) is 31.6 Å². The Balaban J connectivity index is 0.00000210. The molecule has 0 radical (unpaired) electrons. The van der Waals surface area contributed by atoms with Crippen LogP contribution in [0.1, 0.15) is 52.2 Å². The van der Waals surface area contributed by atoms with E-state index in [1.807, 2.05) is 25.7 Å². The van der Waals surface area contributed by atoms with Crippen molar-refractivity contribution in [3.8, 4) is 0 Å². The lowest BCUT2D eigenvalue weighted by molar-refractivity contribution is 0.0936. The molecule has 0 spiro atoms. The number of amides is 1. The predicted molar refractivity (Wildman–Crippen MR) is 120 cm³/mol. The monoisotopic (exact) mass is 442 g/mol. The second-order valence-corrected chi connectivity index (χ2v) is 7.55. The number of benzene rings is 1. The van der Waals surface area contributed by atoms with Gasteiger partial charge in [-0.25, -0.2) is 4.68 Å². The van der Waals surface area contributed by atoms with Gasteiger partial charge in [-0.1, -0.05) is 35.0 Å². The highest BCUT2D eigenvalue weighted by Gasteiger charge is 2.23. The maximum atomic E-state index is 12.7. The second-order valence-electron chi connectivity index (χ2n) is 7.55. The molecule has 2 heterocycles. The molecule has 29 heavy (non-hydrogen) atoms. The Bertz CT molecular complexity index is 772. The third-order valence-corrected chi connectivity index (χ3v) is 5.34. The van der Waals surface area contributed by atoms with Crippen LogP contribution in [-0.2, 0) is 0 Å². The SMILES string of the molecule is Cc1ccc(C(CNC(=O)c2nnn(C3CCNCC3)c2C)N(C)C)cc1.Cl.Cl. The number of nitrogens with zero attached hydrogens (tertiary/aromatic N) is 4. The average molecular weight is 443 g/mol. The molecule has 0 aliphatic carbocycles. The molecular formula is C20H32Cl2N6O. The summed E-state index contributed by atoms with van der Waals surface area (Å²) in [4.78, 5) is 14.8. The summed E-state index contributed by atoms with van der Waals surface area (Å²) >= 11 is 0. The minimum absolute atomic E-state index is 0. The van der Waals surface area contributed by atoms with E-state index in [1.54, 1.807) is 0 Å². The third kappa shape index (κ3) is 6.15. The molecule has 1 saturated heterocycles. The maximum Gasteiger partial charge on any atom is 0.273 e. The first kappa shape index (κ1) is 25.4. The molecular weight excluding hydrogens is 411 g/mol. The largest absolute Gasteiger partial charge is 0.349 e. The number of carbonyl (C=O) groups is 1. The van der Waals surface area contributed by atoms with Crippen molar-refractivity contribution in [1.29, 1.82) is 0 Å². The number of nitrogens with one attached hydrogen (secondary N) is 2. The van der Waals surface area contributed by atoms with Crippen molar-refractivity contribution in [2.24, 2.45) is 0 Å². The van der Waals surface area contributed by atoms with Crippen molar-refractivity contribution in [2.75, 3.05) is 33.7 Å². The number of aryl methyl sites for hydroxylation is 1. The number of aromatic nitrogens is 3. The zero-order valence-electron chi connectivity index (χ0n) is 17.5. The number of piperidine rings is 1. The first-order valence-corrected chi connectivity index (χ1v) is 9.61. The predicted octanol–water partition coefficient (Wildman–Crippen LogP) is 2.70. The van der Waals surface area contributed by atoms with Crippen LogP contribution in [0, 0.1) is 13.8 Å². The lowest BCUT2D eigenvalue weighted by Crippen LogP contribution is -2.35. The summed E-state index contributed by atoms with van der Waals surface area (Å²) in [6.45, 7) is 6.48. The van der Waals surface area contributed by atoms with Crippen LogP contribution in [0.5, 0.6) is 0 Å². The van der Waals surface area contributed by atoms with Gasteiger partial charge in [-0.15, -0.1) is 29.9 Å². The Hall–Kier alpha value is -1.67. The Morgan fingerprint density at radius 1 is 1.21 bits per heavy atom. The van der Waals surface area contributed by atoms with Crippen molar-refractivity contribution in [3.63, 3.8) is 0 Å². The summed E-state index contributed by atoms with van der Waals surface area (Å²) in [6.07, 6.45) is 2.03. The number of hydrogen-bond donors (Lipinski definition) is 2. The van der Waals surface area contributed by atoms with Gasteiger partial charge in [0, 0.05) is 6.54 Å². The van der Waals surface area contributed by atoms with Gasteiger partial charge in [0.2, 0.25) is 0 Å². The van der Waals surface area contributed by atoms with Gasteiger partial charge in [0.05, 0.1) is 17.8 Å². The van der Waals surface area contributed by atoms with Gasteiger partial charge in [-0.05, 0) is 59.4 Å². The van der Waals surface area contributed by atoms with E-state index in [4.69, 9.17) is 0 Å². The van der Waals surface area contributed by atoms with Gasteiger partial charge >= 0.3 is 0 Å². The first-order valence-electron chi connectivity index (χ1n) is 9.61. The topological polar surface area (TPSA) is 75.1 Å². The van der Waals surface area contributed by atoms with Crippen molar-refractivity contribution < 1.29 is 4.79 Å². The summed E-state index contributed by atoms with van der Waals surface area (Å²) < 4.78 is 1.92. The van der Waals surface area contributed by atoms with Crippen LogP contribution >= 0.6 is 24.8 Å². The third-order valence-electron chi connectivity index (χ3n) is 5.34. The van der Waals surface area contributed by atoms with Crippen LogP contribution in [0.25, 0.3) is 0 Å². The van der Waals surface area contributed by atoms with Crippen LogP contribution in [0.15, 0.2) is 24.3 Å². The van der Waals surface area contributed by atoms with Crippen LogP contribution in [0.4, 0.5) is 0 Å². The molecule has 162 valence electrons. The van der Waals surface area contributed by atoms with E-state index in [-0.39, 0.29) is 36.8 Å². The van der Waals surface area contributed by atoms with Crippen molar-refractivity contribution >= 4 is 30.7 Å². The van der Waals surface area contributed by atoms with Crippen LogP contribution in [-0.4, -0.2) is 59.5 Å². The Morgan fingerprint density at radius 3 is 2.41 bits per heavy atom. The number of hydrogen-bond acceptors (Lipinski definition) is 5. The highest BCUT2D eigenvalue weighted by Crippen LogP contribution is 2.21. The average Bonchev–Trinajstić information content (AvgIpc) is 3.05. The fraction of sp³-hybridized carbons (Fsp3) is 0.550. The molecule has 1 aliphatic rings. The normalized spacial score (nSPS) is 15.3. The Morgan fingerprint density at radius 2 is 1.83 bits per heavy atom. The molecule has 1 unspecified atom stereocenters. The lowest BCUT2D eigenvalue weighted by Gasteiger charge is -2.25. The zero-order chi connectivity index (χ0) is 19.4. The van der Waals surface area contributed by atoms with Crippen LogP contribution in [0.2, 0.25) is 0 Å². The van der Waals surface area contributed by atoms with Gasteiger partial charge in [-0.2, -0.15) is 0 Å². The Kier molecular flexibility index (Phi) is 10.1. The van der Waals surface area contributed by atoms with E-state index in [1.165, 1.54) is 11.1 Å². The summed E-state index contributed by atoms with van der Waals surface area (Å²) in [7, 11) is 4.05. The fourth-order valence-corrected chi connectivity index (χ4v) is 3.61. The molecule has 0 saturated carbocycles.